The molecule has 0 aromatic heterocycles. The molecule has 1 saturated carbocycles. The van der Waals surface area contributed by atoms with Gasteiger partial charge in [-0.15, -0.1) is 0 Å². The molecule has 18 heavy (non-hydrogen) atoms. The van der Waals surface area contributed by atoms with E-state index >= 15 is 0 Å². The second kappa shape index (κ2) is 5.44. The molecule has 1 aromatic carbocycles. The molecule has 0 bridgehead atoms. The lowest BCUT2D eigenvalue weighted by atomic mass is 9.83. The molecular weight excluding hydrogens is 220 g/mol. The van der Waals surface area contributed by atoms with Crippen molar-refractivity contribution in [1.29, 1.82) is 0 Å². The van der Waals surface area contributed by atoms with E-state index in [1.54, 1.807) is 0 Å². The summed E-state index contributed by atoms with van der Waals surface area (Å²) < 4.78 is 6.39. The zero-order valence-corrected chi connectivity index (χ0v) is 11.3. The highest BCUT2D eigenvalue weighted by atomic mass is 16.5. The summed E-state index contributed by atoms with van der Waals surface area (Å²) in [4.78, 5) is 0. The molecule has 98 valence electrons. The maximum atomic E-state index is 6.39. The van der Waals surface area contributed by atoms with Gasteiger partial charge in [0.05, 0.1) is 12.2 Å². The van der Waals surface area contributed by atoms with Crippen molar-refractivity contribution >= 4 is 0 Å². The average Bonchev–Trinajstić information content (AvgIpc) is 2.56. The molecule has 1 fully saturated rings. The third-order valence-corrected chi connectivity index (χ3v) is 4.77. The molecule has 3 rings (SSSR count). The zero-order valence-electron chi connectivity index (χ0n) is 11.3. The fourth-order valence-corrected chi connectivity index (χ4v) is 3.55. The van der Waals surface area contributed by atoms with Crippen LogP contribution in [0.1, 0.15) is 62.5 Å². The van der Waals surface area contributed by atoms with Gasteiger partial charge < -0.3 is 4.74 Å². The summed E-state index contributed by atoms with van der Waals surface area (Å²) in [6.45, 7) is 0.830. The van der Waals surface area contributed by atoms with Crippen molar-refractivity contribution < 1.29 is 4.74 Å². The van der Waals surface area contributed by atoms with Gasteiger partial charge in [0, 0.05) is 0 Å². The number of hydrogen-bond acceptors (Lipinski definition) is 1. The molecule has 0 radical (unpaired) electrons. The van der Waals surface area contributed by atoms with Crippen LogP contribution in [0.15, 0.2) is 24.3 Å². The molecule has 0 N–H and O–H groups in total. The minimum Gasteiger partial charge on any atom is -0.370 e. The molecule has 0 atom stereocenters. The van der Waals surface area contributed by atoms with Crippen LogP contribution < -0.4 is 0 Å². The van der Waals surface area contributed by atoms with Crippen LogP contribution in [0.3, 0.4) is 0 Å². The molecule has 0 unspecified atom stereocenters. The Bertz CT molecular complexity index is 359. The van der Waals surface area contributed by atoms with Gasteiger partial charge in [-0.3, -0.25) is 0 Å². The Kier molecular flexibility index (Phi) is 3.69. The molecule has 1 aliphatic heterocycles. The van der Waals surface area contributed by atoms with E-state index in [4.69, 9.17) is 4.74 Å². The van der Waals surface area contributed by atoms with Crippen LogP contribution in [0.5, 0.6) is 0 Å². The van der Waals surface area contributed by atoms with Crippen LogP contribution in [0, 0.1) is 0 Å². The van der Waals surface area contributed by atoms with Gasteiger partial charge in [-0.1, -0.05) is 56.4 Å². The number of aryl methyl sites for hydroxylation is 1. The highest BCUT2D eigenvalue weighted by Crippen LogP contribution is 2.37. The summed E-state index contributed by atoms with van der Waals surface area (Å²) in [5, 5.41) is 0. The van der Waals surface area contributed by atoms with Crippen molar-refractivity contribution in [2.75, 3.05) is 0 Å². The Balaban J connectivity index is 1.75. The summed E-state index contributed by atoms with van der Waals surface area (Å²) in [6, 6.07) is 8.81. The van der Waals surface area contributed by atoms with Gasteiger partial charge in [-0.25, -0.2) is 0 Å². The van der Waals surface area contributed by atoms with Gasteiger partial charge in [0.1, 0.15) is 0 Å². The molecular formula is C17H24O. The van der Waals surface area contributed by atoms with Crippen LogP contribution in [-0.4, -0.2) is 5.60 Å². The first-order valence-electron chi connectivity index (χ1n) is 7.59. The first kappa shape index (κ1) is 12.2. The van der Waals surface area contributed by atoms with Gasteiger partial charge in [-0.2, -0.15) is 0 Å². The lowest BCUT2D eigenvalue weighted by molar-refractivity contribution is -0.0744. The number of fused-ring (bicyclic) bond motifs is 1. The summed E-state index contributed by atoms with van der Waals surface area (Å²) in [5.74, 6) is 0. The molecule has 0 amide bonds. The van der Waals surface area contributed by atoms with Crippen molar-refractivity contribution in [2.24, 2.45) is 0 Å². The highest BCUT2D eigenvalue weighted by Gasteiger charge is 2.32. The first-order valence-corrected chi connectivity index (χ1v) is 7.59. The normalized spacial score (nSPS) is 23.8. The summed E-state index contributed by atoms with van der Waals surface area (Å²) in [6.07, 6.45) is 11.9. The van der Waals surface area contributed by atoms with Crippen molar-refractivity contribution in [3.63, 3.8) is 0 Å². The van der Waals surface area contributed by atoms with Gasteiger partial charge in [0.25, 0.3) is 0 Å². The van der Waals surface area contributed by atoms with Crippen molar-refractivity contribution in [3.05, 3.63) is 35.4 Å². The average molecular weight is 244 g/mol. The maximum absolute atomic E-state index is 6.39. The van der Waals surface area contributed by atoms with E-state index in [0.717, 1.165) is 6.61 Å². The van der Waals surface area contributed by atoms with E-state index in [-0.39, 0.29) is 5.60 Å². The Morgan fingerprint density at radius 1 is 0.778 bits per heavy atom. The predicted molar refractivity (Wildman–Crippen MR) is 74.6 cm³/mol. The highest BCUT2D eigenvalue weighted by molar-refractivity contribution is 5.27. The van der Waals surface area contributed by atoms with E-state index in [1.165, 1.54) is 68.9 Å². The Morgan fingerprint density at radius 3 is 2.22 bits per heavy atom. The van der Waals surface area contributed by atoms with E-state index in [9.17, 15) is 0 Å². The maximum Gasteiger partial charge on any atom is 0.0727 e. The first-order chi connectivity index (χ1) is 8.88. The SMILES string of the molecule is c1ccc2c(c1)CCC1(CCCCCCC1)OC2. The van der Waals surface area contributed by atoms with Crippen LogP contribution in [0.2, 0.25) is 0 Å². The number of benzene rings is 1. The molecule has 1 aromatic rings. The number of rotatable bonds is 0. The van der Waals surface area contributed by atoms with E-state index in [1.807, 2.05) is 0 Å². The monoisotopic (exact) mass is 244 g/mol. The molecule has 1 aliphatic carbocycles. The molecule has 1 heterocycles. The topological polar surface area (TPSA) is 9.23 Å². The second-order valence-corrected chi connectivity index (χ2v) is 6.01. The Hall–Kier alpha value is -0.820. The van der Waals surface area contributed by atoms with E-state index < -0.39 is 0 Å². The van der Waals surface area contributed by atoms with Crippen LogP contribution in [0.25, 0.3) is 0 Å². The third kappa shape index (κ3) is 2.61. The third-order valence-electron chi connectivity index (χ3n) is 4.77. The molecule has 1 heteroatoms. The van der Waals surface area contributed by atoms with Crippen LogP contribution >= 0.6 is 0 Å². The Labute approximate surface area is 111 Å². The second-order valence-electron chi connectivity index (χ2n) is 6.01. The Morgan fingerprint density at radius 2 is 1.44 bits per heavy atom. The van der Waals surface area contributed by atoms with E-state index in [2.05, 4.69) is 24.3 Å². The molecule has 0 saturated heterocycles. The molecule has 2 aliphatic rings. The quantitative estimate of drug-likeness (QED) is 0.646. The van der Waals surface area contributed by atoms with Crippen LogP contribution in [0.4, 0.5) is 0 Å². The van der Waals surface area contributed by atoms with Crippen molar-refractivity contribution in [3.8, 4) is 0 Å². The van der Waals surface area contributed by atoms with Crippen molar-refractivity contribution in [1.82, 2.24) is 0 Å². The van der Waals surface area contributed by atoms with E-state index in [0.29, 0.717) is 0 Å². The minimum absolute atomic E-state index is 0.194. The lowest BCUT2D eigenvalue weighted by Gasteiger charge is -2.34. The predicted octanol–water partition coefficient (Wildman–Crippen LogP) is 4.63. The molecule has 1 spiro atoms. The minimum atomic E-state index is 0.194. The standard InChI is InChI=1S/C17H24O/c1-2-6-11-17(12-7-3-1)13-10-15-8-4-5-9-16(15)14-18-17/h4-5,8-9H,1-3,6-7,10-14H2. The smallest absolute Gasteiger partial charge is 0.0727 e. The largest absolute Gasteiger partial charge is 0.370 e. The molecule has 1 nitrogen and oxygen atoms in total. The summed E-state index contributed by atoms with van der Waals surface area (Å²) in [7, 11) is 0. The number of hydrogen-bond donors (Lipinski definition) is 0. The lowest BCUT2D eigenvalue weighted by Crippen LogP contribution is -2.32. The van der Waals surface area contributed by atoms with Crippen molar-refractivity contribution in [2.45, 2.75) is 70.0 Å². The summed E-state index contributed by atoms with van der Waals surface area (Å²) >= 11 is 0. The van der Waals surface area contributed by atoms with Gasteiger partial charge in [0.15, 0.2) is 0 Å². The number of ether oxygens (including phenoxy) is 1. The van der Waals surface area contributed by atoms with Gasteiger partial charge >= 0.3 is 0 Å². The fraction of sp³-hybridized carbons (Fsp3) is 0.647. The zero-order chi connectivity index (χ0) is 12.3. The fourth-order valence-electron chi connectivity index (χ4n) is 3.55. The van der Waals surface area contributed by atoms with Gasteiger partial charge in [-0.05, 0) is 36.8 Å². The van der Waals surface area contributed by atoms with Gasteiger partial charge in [0.2, 0.25) is 0 Å². The van der Waals surface area contributed by atoms with Crippen LogP contribution in [-0.2, 0) is 17.8 Å². The summed E-state index contributed by atoms with van der Waals surface area (Å²) in [5.41, 5.74) is 3.12.